The summed E-state index contributed by atoms with van der Waals surface area (Å²) >= 11 is 0. The molecule has 0 spiro atoms. The van der Waals surface area contributed by atoms with Crippen molar-refractivity contribution in [3.8, 4) is 11.5 Å². The van der Waals surface area contributed by atoms with E-state index in [0.29, 0.717) is 30.2 Å². The van der Waals surface area contributed by atoms with Gasteiger partial charge in [-0.2, -0.15) is 0 Å². The van der Waals surface area contributed by atoms with E-state index >= 15 is 0 Å². The molecular formula is C16H18N2O3. The molecule has 0 aromatic heterocycles. The molecule has 0 aliphatic heterocycles. The van der Waals surface area contributed by atoms with E-state index in [4.69, 9.17) is 10.5 Å². The third-order valence-corrected chi connectivity index (χ3v) is 2.94. The number of nitrogen functional groups attached to an aromatic ring is 1. The molecule has 2 aromatic carbocycles. The molecular weight excluding hydrogens is 268 g/mol. The van der Waals surface area contributed by atoms with E-state index in [1.807, 2.05) is 12.1 Å². The molecule has 0 saturated heterocycles. The first-order valence-electron chi connectivity index (χ1n) is 6.67. The minimum atomic E-state index is -0.166. The molecule has 0 heterocycles. The van der Waals surface area contributed by atoms with Crippen molar-refractivity contribution in [2.45, 2.75) is 6.42 Å². The molecule has 0 aliphatic carbocycles. The van der Waals surface area contributed by atoms with Crippen molar-refractivity contribution in [1.82, 2.24) is 5.32 Å². The van der Waals surface area contributed by atoms with E-state index < -0.39 is 0 Å². The number of rotatable bonds is 6. The van der Waals surface area contributed by atoms with E-state index in [2.05, 4.69) is 5.32 Å². The maximum Gasteiger partial charge on any atom is 0.224 e. The summed E-state index contributed by atoms with van der Waals surface area (Å²) in [5.74, 6) is 0.564. The number of carbonyl (C=O) groups excluding carboxylic acids is 1. The molecule has 5 heteroatoms. The van der Waals surface area contributed by atoms with Crippen molar-refractivity contribution in [3.63, 3.8) is 0 Å². The number of ether oxygens (including phenoxy) is 1. The fourth-order valence-electron chi connectivity index (χ4n) is 1.86. The summed E-state index contributed by atoms with van der Waals surface area (Å²) in [4.78, 5) is 11.7. The Labute approximate surface area is 123 Å². The van der Waals surface area contributed by atoms with Crippen molar-refractivity contribution in [2.24, 2.45) is 0 Å². The maximum atomic E-state index is 11.7. The van der Waals surface area contributed by atoms with Gasteiger partial charge >= 0.3 is 0 Å². The molecule has 1 amide bonds. The highest BCUT2D eigenvalue weighted by atomic mass is 16.5. The number of hydrogen-bond acceptors (Lipinski definition) is 4. The van der Waals surface area contributed by atoms with E-state index in [-0.39, 0.29) is 18.1 Å². The van der Waals surface area contributed by atoms with Gasteiger partial charge in [0.25, 0.3) is 0 Å². The highest BCUT2D eigenvalue weighted by Crippen LogP contribution is 2.19. The van der Waals surface area contributed by atoms with Gasteiger partial charge in [-0.3, -0.25) is 4.79 Å². The topological polar surface area (TPSA) is 84.6 Å². The van der Waals surface area contributed by atoms with E-state index in [0.717, 1.165) is 0 Å². The first kappa shape index (κ1) is 14.7. The molecule has 0 unspecified atom stereocenters. The minimum Gasteiger partial charge on any atom is -0.508 e. The van der Waals surface area contributed by atoms with Crippen LogP contribution in [0.2, 0.25) is 0 Å². The monoisotopic (exact) mass is 286 g/mol. The van der Waals surface area contributed by atoms with Crippen molar-refractivity contribution in [2.75, 3.05) is 18.9 Å². The van der Waals surface area contributed by atoms with E-state index in [1.165, 1.54) is 0 Å². The van der Waals surface area contributed by atoms with Crippen LogP contribution in [0.15, 0.2) is 48.5 Å². The molecule has 2 aromatic rings. The quantitative estimate of drug-likeness (QED) is 0.557. The lowest BCUT2D eigenvalue weighted by Crippen LogP contribution is -2.29. The van der Waals surface area contributed by atoms with Gasteiger partial charge in [0.05, 0.1) is 18.7 Å². The van der Waals surface area contributed by atoms with Crippen LogP contribution >= 0.6 is 0 Å². The average Bonchev–Trinajstić information content (AvgIpc) is 2.48. The maximum absolute atomic E-state index is 11.7. The predicted molar refractivity (Wildman–Crippen MR) is 81.2 cm³/mol. The number of para-hydroxylation sites is 3. The molecule has 0 fully saturated rings. The number of phenolic OH excluding ortho intramolecular Hbond substituents is 1. The number of anilines is 1. The SMILES string of the molecule is Nc1ccccc1OCCNC(=O)Cc1ccccc1O. The van der Waals surface area contributed by atoms with Gasteiger partial charge < -0.3 is 20.9 Å². The van der Waals surface area contributed by atoms with Crippen LogP contribution < -0.4 is 15.8 Å². The number of phenols is 1. The predicted octanol–water partition coefficient (Wildman–Crippen LogP) is 1.71. The largest absolute Gasteiger partial charge is 0.508 e. The molecule has 0 radical (unpaired) electrons. The molecule has 0 aliphatic rings. The van der Waals surface area contributed by atoms with Gasteiger partial charge in [0.1, 0.15) is 18.1 Å². The van der Waals surface area contributed by atoms with Crippen LogP contribution in [0.3, 0.4) is 0 Å². The van der Waals surface area contributed by atoms with Gasteiger partial charge in [0.15, 0.2) is 0 Å². The van der Waals surface area contributed by atoms with E-state index in [1.54, 1.807) is 36.4 Å². The number of nitrogens with one attached hydrogen (secondary N) is 1. The summed E-state index contributed by atoms with van der Waals surface area (Å²) in [5.41, 5.74) is 6.91. The second kappa shape index (κ2) is 7.19. The summed E-state index contributed by atoms with van der Waals surface area (Å²) in [6.45, 7) is 0.710. The Balaban J connectivity index is 1.73. The zero-order valence-electron chi connectivity index (χ0n) is 11.6. The second-order valence-corrected chi connectivity index (χ2v) is 4.54. The lowest BCUT2D eigenvalue weighted by Gasteiger charge is -2.10. The van der Waals surface area contributed by atoms with Gasteiger partial charge in [-0.15, -0.1) is 0 Å². The van der Waals surface area contributed by atoms with Crippen LogP contribution in [0.1, 0.15) is 5.56 Å². The number of aromatic hydroxyl groups is 1. The Morgan fingerprint density at radius 3 is 2.62 bits per heavy atom. The number of hydrogen-bond donors (Lipinski definition) is 3. The highest BCUT2D eigenvalue weighted by Gasteiger charge is 2.06. The Morgan fingerprint density at radius 1 is 1.14 bits per heavy atom. The first-order valence-corrected chi connectivity index (χ1v) is 6.67. The Morgan fingerprint density at radius 2 is 1.86 bits per heavy atom. The molecule has 4 N–H and O–H groups in total. The third kappa shape index (κ3) is 4.42. The fraction of sp³-hybridized carbons (Fsp3) is 0.188. The van der Waals surface area contributed by atoms with Gasteiger partial charge in [-0.05, 0) is 18.2 Å². The van der Waals surface area contributed by atoms with Gasteiger partial charge in [0, 0.05) is 5.56 Å². The summed E-state index contributed by atoms with van der Waals surface area (Å²) in [5, 5.41) is 12.3. The summed E-state index contributed by atoms with van der Waals surface area (Å²) in [6, 6.07) is 14.0. The van der Waals surface area contributed by atoms with Gasteiger partial charge in [-0.1, -0.05) is 30.3 Å². The molecule has 0 saturated carbocycles. The van der Waals surface area contributed by atoms with Crippen LogP contribution in [-0.2, 0) is 11.2 Å². The second-order valence-electron chi connectivity index (χ2n) is 4.54. The van der Waals surface area contributed by atoms with Crippen LogP contribution in [0, 0.1) is 0 Å². The van der Waals surface area contributed by atoms with Crippen LogP contribution in [-0.4, -0.2) is 24.2 Å². The zero-order valence-corrected chi connectivity index (χ0v) is 11.6. The third-order valence-electron chi connectivity index (χ3n) is 2.94. The fourth-order valence-corrected chi connectivity index (χ4v) is 1.86. The van der Waals surface area contributed by atoms with Crippen LogP contribution in [0.4, 0.5) is 5.69 Å². The zero-order chi connectivity index (χ0) is 15.1. The summed E-state index contributed by atoms with van der Waals surface area (Å²) in [6.07, 6.45) is 0.139. The number of benzene rings is 2. The number of carbonyl (C=O) groups is 1. The highest BCUT2D eigenvalue weighted by molar-refractivity contribution is 5.79. The normalized spacial score (nSPS) is 10.1. The lowest BCUT2D eigenvalue weighted by molar-refractivity contribution is -0.120. The molecule has 110 valence electrons. The number of nitrogens with two attached hydrogens (primary N) is 1. The van der Waals surface area contributed by atoms with Crippen LogP contribution in [0.25, 0.3) is 0 Å². The van der Waals surface area contributed by atoms with Crippen molar-refractivity contribution in [1.29, 1.82) is 0 Å². The summed E-state index contributed by atoms with van der Waals surface area (Å²) < 4.78 is 5.47. The Hall–Kier alpha value is -2.69. The smallest absolute Gasteiger partial charge is 0.224 e. The lowest BCUT2D eigenvalue weighted by atomic mass is 10.1. The molecule has 2 rings (SSSR count). The first-order chi connectivity index (χ1) is 10.2. The van der Waals surface area contributed by atoms with Crippen molar-refractivity contribution < 1.29 is 14.6 Å². The van der Waals surface area contributed by atoms with Crippen molar-refractivity contribution >= 4 is 11.6 Å². The standard InChI is InChI=1S/C16H18N2O3/c17-13-6-2-4-8-15(13)21-10-9-18-16(20)11-12-5-1-3-7-14(12)19/h1-8,19H,9-11,17H2,(H,18,20). The summed E-state index contributed by atoms with van der Waals surface area (Å²) in [7, 11) is 0. The molecule has 0 bridgehead atoms. The Kier molecular flexibility index (Phi) is 5.04. The van der Waals surface area contributed by atoms with Gasteiger partial charge in [-0.25, -0.2) is 0 Å². The molecule has 5 nitrogen and oxygen atoms in total. The van der Waals surface area contributed by atoms with Crippen LogP contribution in [0.5, 0.6) is 11.5 Å². The Bertz CT molecular complexity index is 614. The molecule has 0 atom stereocenters. The molecule has 21 heavy (non-hydrogen) atoms. The number of amides is 1. The average molecular weight is 286 g/mol. The minimum absolute atomic E-state index is 0.126. The van der Waals surface area contributed by atoms with E-state index in [9.17, 15) is 9.90 Å². The van der Waals surface area contributed by atoms with Gasteiger partial charge in [0.2, 0.25) is 5.91 Å². The van der Waals surface area contributed by atoms with Crippen molar-refractivity contribution in [3.05, 3.63) is 54.1 Å².